The van der Waals surface area contributed by atoms with Gasteiger partial charge in [-0.25, -0.2) is 4.98 Å². The van der Waals surface area contributed by atoms with E-state index in [1.807, 2.05) is 19.1 Å². The molecule has 4 rings (SSSR count). The summed E-state index contributed by atoms with van der Waals surface area (Å²) in [5.74, 6) is 1.34. The van der Waals surface area contributed by atoms with Gasteiger partial charge in [0.05, 0.1) is 44.2 Å². The van der Waals surface area contributed by atoms with Crippen LogP contribution in [0, 0.1) is 6.92 Å². The number of hydrogen-bond acceptors (Lipinski definition) is 7. The Hall–Kier alpha value is -2.81. The first kappa shape index (κ1) is 24.3. The van der Waals surface area contributed by atoms with Gasteiger partial charge in [-0.1, -0.05) is 22.9 Å². The maximum atomic E-state index is 13.4. The predicted octanol–water partition coefficient (Wildman–Crippen LogP) is 5.51. The lowest BCUT2D eigenvalue weighted by atomic mass is 10.1. The molecule has 34 heavy (non-hydrogen) atoms. The molecular formula is C25H27ClN2O5S. The lowest BCUT2D eigenvalue weighted by molar-refractivity contribution is -0.114. The van der Waals surface area contributed by atoms with Crippen LogP contribution in [0.25, 0.3) is 16.3 Å². The monoisotopic (exact) mass is 502 g/mol. The van der Waals surface area contributed by atoms with Gasteiger partial charge in [-0.15, -0.1) is 0 Å². The number of thiazole rings is 1. The number of aryl methyl sites for hydroxylation is 1. The predicted molar refractivity (Wildman–Crippen MR) is 136 cm³/mol. The molecule has 0 spiro atoms. The Balaban J connectivity index is 1.66. The van der Waals surface area contributed by atoms with Crippen molar-refractivity contribution >= 4 is 50.3 Å². The summed E-state index contributed by atoms with van der Waals surface area (Å²) >= 11 is 7.69. The molecule has 1 aliphatic heterocycles. The first-order valence-corrected chi connectivity index (χ1v) is 12.1. The maximum Gasteiger partial charge on any atom is 0.252 e. The third-order valence-electron chi connectivity index (χ3n) is 5.65. The number of aromatic nitrogens is 1. The number of methoxy groups -OCH3 is 3. The normalized spacial score (nSPS) is 15.7. The first-order chi connectivity index (χ1) is 16.4. The van der Waals surface area contributed by atoms with Crippen LogP contribution in [-0.4, -0.2) is 51.5 Å². The Kier molecular flexibility index (Phi) is 7.60. The van der Waals surface area contributed by atoms with Gasteiger partial charge in [-0.05, 0) is 61.2 Å². The van der Waals surface area contributed by atoms with Crippen LogP contribution in [0.4, 0.5) is 5.13 Å². The molecule has 0 radical (unpaired) electrons. The molecule has 2 heterocycles. The standard InChI is InChI=1S/C25H27ClN2O5S/c1-15-10-17(26)13-21-23(15)27-25(34-21)28(14-18-6-5-9-33-18)22(29)8-7-16-11-19(30-2)24(32-4)20(12-16)31-3/h7-8,10-13,18H,5-6,9,14H2,1-4H3/b8-7+. The van der Waals surface area contributed by atoms with Gasteiger partial charge in [-0.2, -0.15) is 0 Å². The Bertz CT molecular complexity index is 1190. The molecule has 1 amide bonds. The van der Waals surface area contributed by atoms with E-state index in [2.05, 4.69) is 0 Å². The topological polar surface area (TPSA) is 70.1 Å². The maximum absolute atomic E-state index is 13.4. The van der Waals surface area contributed by atoms with E-state index >= 15 is 0 Å². The van der Waals surface area contributed by atoms with Crippen molar-refractivity contribution < 1.29 is 23.7 Å². The number of rotatable bonds is 8. The zero-order valence-corrected chi connectivity index (χ0v) is 21.2. The van der Waals surface area contributed by atoms with E-state index in [1.54, 1.807) is 44.4 Å². The lowest BCUT2D eigenvalue weighted by Gasteiger charge is -2.21. The molecule has 0 N–H and O–H groups in total. The molecule has 1 unspecified atom stereocenters. The minimum Gasteiger partial charge on any atom is -0.493 e. The minimum absolute atomic E-state index is 0.0183. The summed E-state index contributed by atoms with van der Waals surface area (Å²) < 4.78 is 23.0. The number of carbonyl (C=O) groups excluding carboxylic acids is 1. The fourth-order valence-electron chi connectivity index (χ4n) is 3.97. The van der Waals surface area contributed by atoms with Crippen LogP contribution in [0.3, 0.4) is 0 Å². The quantitative estimate of drug-likeness (QED) is 0.378. The molecule has 180 valence electrons. The van der Waals surface area contributed by atoms with Gasteiger partial charge in [0.1, 0.15) is 0 Å². The third kappa shape index (κ3) is 5.14. The van der Waals surface area contributed by atoms with Gasteiger partial charge in [0.2, 0.25) is 5.75 Å². The molecule has 0 saturated carbocycles. The summed E-state index contributed by atoms with van der Waals surface area (Å²) in [4.78, 5) is 19.9. The van der Waals surface area contributed by atoms with Crippen molar-refractivity contribution in [2.75, 3.05) is 39.4 Å². The zero-order chi connectivity index (χ0) is 24.2. The van der Waals surface area contributed by atoms with Crippen LogP contribution >= 0.6 is 22.9 Å². The molecule has 1 saturated heterocycles. The average molecular weight is 503 g/mol. The number of benzene rings is 2. The van der Waals surface area contributed by atoms with Crippen LogP contribution in [0.2, 0.25) is 5.02 Å². The fourth-order valence-corrected chi connectivity index (χ4v) is 5.40. The smallest absolute Gasteiger partial charge is 0.252 e. The van der Waals surface area contributed by atoms with Gasteiger partial charge < -0.3 is 18.9 Å². The summed E-state index contributed by atoms with van der Waals surface area (Å²) in [6, 6.07) is 7.34. The van der Waals surface area contributed by atoms with Crippen LogP contribution in [0.5, 0.6) is 17.2 Å². The van der Waals surface area contributed by atoms with Crippen LogP contribution in [-0.2, 0) is 9.53 Å². The molecular weight excluding hydrogens is 476 g/mol. The molecule has 7 nitrogen and oxygen atoms in total. The second-order valence-corrected chi connectivity index (χ2v) is 9.39. The Morgan fingerprint density at radius 1 is 1.21 bits per heavy atom. The molecule has 1 atom stereocenters. The first-order valence-electron chi connectivity index (χ1n) is 10.9. The van der Waals surface area contributed by atoms with E-state index in [0.29, 0.717) is 40.6 Å². The Morgan fingerprint density at radius 2 is 1.94 bits per heavy atom. The molecule has 1 aliphatic rings. The summed E-state index contributed by atoms with van der Waals surface area (Å²) in [5, 5.41) is 1.27. The van der Waals surface area contributed by atoms with Crippen LogP contribution in [0.1, 0.15) is 24.0 Å². The van der Waals surface area contributed by atoms with Crippen LogP contribution < -0.4 is 19.1 Å². The van der Waals surface area contributed by atoms with Crippen molar-refractivity contribution in [3.63, 3.8) is 0 Å². The summed E-state index contributed by atoms with van der Waals surface area (Å²) in [7, 11) is 4.66. The molecule has 0 aliphatic carbocycles. The number of anilines is 1. The third-order valence-corrected chi connectivity index (χ3v) is 6.90. The number of hydrogen-bond donors (Lipinski definition) is 0. The number of nitrogens with zero attached hydrogens (tertiary/aromatic N) is 2. The SMILES string of the molecule is COc1cc(/C=C/C(=O)N(CC2CCCO2)c2nc3c(C)cc(Cl)cc3s2)cc(OC)c1OC. The van der Waals surface area contributed by atoms with Gasteiger partial charge in [-0.3, -0.25) is 9.69 Å². The number of fused-ring (bicyclic) bond motifs is 1. The highest BCUT2D eigenvalue weighted by Gasteiger charge is 2.25. The number of ether oxygens (including phenoxy) is 4. The van der Waals surface area contributed by atoms with E-state index < -0.39 is 0 Å². The summed E-state index contributed by atoms with van der Waals surface area (Å²) in [5.41, 5.74) is 2.57. The van der Waals surface area contributed by atoms with E-state index in [1.165, 1.54) is 17.4 Å². The molecule has 1 fully saturated rings. The van der Waals surface area contributed by atoms with Gasteiger partial charge >= 0.3 is 0 Å². The Labute approximate surface area is 207 Å². The van der Waals surface area contributed by atoms with Crippen molar-refractivity contribution in [1.29, 1.82) is 0 Å². The lowest BCUT2D eigenvalue weighted by Crippen LogP contribution is -2.36. The van der Waals surface area contributed by atoms with Gasteiger partial charge in [0, 0.05) is 17.7 Å². The highest BCUT2D eigenvalue weighted by Crippen LogP contribution is 2.39. The number of amides is 1. The highest BCUT2D eigenvalue weighted by molar-refractivity contribution is 7.22. The van der Waals surface area contributed by atoms with Crippen LogP contribution in [0.15, 0.2) is 30.3 Å². The van der Waals surface area contributed by atoms with Gasteiger partial charge in [0.25, 0.3) is 5.91 Å². The fraction of sp³-hybridized carbons (Fsp3) is 0.360. The molecule has 9 heteroatoms. The zero-order valence-electron chi connectivity index (χ0n) is 19.6. The van der Waals surface area contributed by atoms with Crippen molar-refractivity contribution in [2.24, 2.45) is 0 Å². The molecule has 1 aromatic heterocycles. The van der Waals surface area contributed by atoms with E-state index in [4.69, 9.17) is 35.5 Å². The minimum atomic E-state index is -0.188. The Morgan fingerprint density at radius 3 is 2.56 bits per heavy atom. The molecule has 2 aromatic carbocycles. The molecule has 3 aromatic rings. The second-order valence-electron chi connectivity index (χ2n) is 7.94. The van der Waals surface area contributed by atoms with Crippen molar-refractivity contribution in [2.45, 2.75) is 25.9 Å². The van der Waals surface area contributed by atoms with Crippen molar-refractivity contribution in [1.82, 2.24) is 4.98 Å². The number of carbonyl (C=O) groups is 1. The summed E-state index contributed by atoms with van der Waals surface area (Å²) in [6.45, 7) is 3.11. The van der Waals surface area contributed by atoms with Crippen molar-refractivity contribution in [3.8, 4) is 17.2 Å². The van der Waals surface area contributed by atoms with Crippen molar-refractivity contribution in [3.05, 3.63) is 46.5 Å². The van der Waals surface area contributed by atoms with E-state index in [9.17, 15) is 4.79 Å². The van der Waals surface area contributed by atoms with E-state index in [0.717, 1.165) is 34.2 Å². The van der Waals surface area contributed by atoms with E-state index in [-0.39, 0.29) is 12.0 Å². The molecule has 0 bridgehead atoms. The van der Waals surface area contributed by atoms with Gasteiger partial charge in [0.15, 0.2) is 16.6 Å². The summed E-state index contributed by atoms with van der Waals surface area (Å²) in [6.07, 6.45) is 5.14. The second kappa shape index (κ2) is 10.6. The average Bonchev–Trinajstić information content (AvgIpc) is 3.50. The highest BCUT2D eigenvalue weighted by atomic mass is 35.5. The largest absolute Gasteiger partial charge is 0.493 e. The number of halogens is 1.